The largest absolute Gasteiger partial charge is 0.486 e. The molecule has 3 aliphatic rings. The average molecular weight is 1230 g/mol. The molecule has 16 nitrogen and oxygen atoms in total. The minimum Gasteiger partial charge on any atom is -0.486 e. The number of nitrogens with one attached hydrogen (secondary N) is 1. The lowest BCUT2D eigenvalue weighted by atomic mass is 9.86. The fourth-order valence-electron chi connectivity index (χ4n) is 8.48. The number of carbonyl (C=O) groups excluding carboxylic acids is 4. The van der Waals surface area contributed by atoms with E-state index in [-0.39, 0.29) is 99.3 Å². The van der Waals surface area contributed by atoms with Crippen LogP contribution < -0.4 is 20.5 Å². The van der Waals surface area contributed by atoms with Gasteiger partial charge in [-0.05, 0) is 87.6 Å². The second-order valence-corrected chi connectivity index (χ2v) is 23.4. The number of dihydropyridines is 1. The summed E-state index contributed by atoms with van der Waals surface area (Å²) in [5.41, 5.74) is 8.50. The van der Waals surface area contributed by atoms with Crippen molar-refractivity contribution in [2.45, 2.75) is 57.5 Å². The van der Waals surface area contributed by atoms with Crippen LogP contribution in [0.4, 0.5) is 8.78 Å². The number of aldehydes is 1. The number of carbonyl (C=O) groups is 4. The molecule has 22 heteroatoms. The van der Waals surface area contributed by atoms with Gasteiger partial charge < -0.3 is 30.0 Å². The molecule has 0 saturated heterocycles. The van der Waals surface area contributed by atoms with Crippen LogP contribution in [0.5, 0.6) is 11.5 Å². The molecule has 1 atom stereocenters. The number of esters is 2. The molecule has 0 aliphatic carbocycles. The van der Waals surface area contributed by atoms with Crippen LogP contribution in [0.15, 0.2) is 189 Å². The van der Waals surface area contributed by atoms with E-state index in [1.807, 2.05) is 67.5 Å². The van der Waals surface area contributed by atoms with Crippen molar-refractivity contribution < 1.29 is 63.7 Å². The summed E-state index contributed by atoms with van der Waals surface area (Å²) in [6.07, 6.45) is 1.69. The highest BCUT2D eigenvalue weighted by molar-refractivity contribution is 7.95. The van der Waals surface area contributed by atoms with Gasteiger partial charge in [-0.25, -0.2) is 35.2 Å². The smallest absolute Gasteiger partial charge is 0.336 e. The zero-order valence-corrected chi connectivity index (χ0v) is 48.3. The first-order valence-corrected chi connectivity index (χ1v) is 29.2. The first-order valence-electron chi connectivity index (χ1n) is 25.3. The maximum absolute atomic E-state index is 15.4. The third-order valence-corrected chi connectivity index (χ3v) is 16.6. The molecule has 6 aromatic carbocycles. The topological polar surface area (TPSA) is 218 Å². The number of hydrogen-bond acceptors (Lipinski definition) is 16. The highest BCUT2D eigenvalue weighted by atomic mass is 35.5. The van der Waals surface area contributed by atoms with E-state index in [9.17, 15) is 40.4 Å². The molecule has 0 radical (unpaired) electrons. The summed E-state index contributed by atoms with van der Waals surface area (Å²) in [6.45, 7) is 6.00. The number of nitrogens with two attached hydrogens (primary N) is 1. The van der Waals surface area contributed by atoms with Gasteiger partial charge in [0.25, 0.3) is 0 Å². The summed E-state index contributed by atoms with van der Waals surface area (Å²) in [4.78, 5) is 49.9. The third-order valence-electron chi connectivity index (χ3n) is 12.3. The van der Waals surface area contributed by atoms with Crippen molar-refractivity contribution in [2.75, 3.05) is 59.4 Å². The number of rotatable bonds is 14. The first-order chi connectivity index (χ1) is 39.1. The van der Waals surface area contributed by atoms with Crippen LogP contribution in [0.1, 0.15) is 61.7 Å². The number of para-hydroxylation sites is 2. The molecular formula is C62H68Cl2F2N4O12S2. The molecular weight excluding hydrogens is 1170 g/mol. The summed E-state index contributed by atoms with van der Waals surface area (Å²) in [5.74, 6) is -4.27. The monoisotopic (exact) mass is 1230 g/mol. The number of halogens is 4. The summed E-state index contributed by atoms with van der Waals surface area (Å²) < 4.78 is 101. The highest BCUT2D eigenvalue weighted by Crippen LogP contribution is 2.48. The molecule has 0 bridgehead atoms. The fourth-order valence-corrected chi connectivity index (χ4v) is 12.2. The molecule has 84 heavy (non-hydrogen) atoms. The lowest BCUT2D eigenvalue weighted by Crippen LogP contribution is -2.34. The Labute approximate surface area is 500 Å². The lowest BCUT2D eigenvalue weighted by Gasteiger charge is -2.31. The van der Waals surface area contributed by atoms with Gasteiger partial charge in [-0.3, -0.25) is 19.4 Å². The fraction of sp³-hybridized carbons (Fsp3) is 0.258. The number of ketones is 1. The van der Waals surface area contributed by atoms with E-state index in [1.54, 1.807) is 50.2 Å². The van der Waals surface area contributed by atoms with Gasteiger partial charge in [-0.1, -0.05) is 135 Å². The van der Waals surface area contributed by atoms with Gasteiger partial charge in [0.15, 0.2) is 21.9 Å². The van der Waals surface area contributed by atoms with Crippen molar-refractivity contribution in [3.63, 3.8) is 0 Å². The lowest BCUT2D eigenvalue weighted by molar-refractivity contribution is -0.140. The van der Waals surface area contributed by atoms with Gasteiger partial charge >= 0.3 is 11.9 Å². The Bertz CT molecular complexity index is 3550. The van der Waals surface area contributed by atoms with Gasteiger partial charge in [0.1, 0.15) is 65.1 Å². The minimum absolute atomic E-state index is 0. The van der Waals surface area contributed by atoms with Crippen LogP contribution in [0.3, 0.4) is 0 Å². The molecule has 0 aromatic heterocycles. The zero-order chi connectivity index (χ0) is 59.6. The number of likely N-dealkylation sites (N-methyl/N-ethyl adjacent to an activating group) is 2. The molecule has 3 aliphatic heterocycles. The summed E-state index contributed by atoms with van der Waals surface area (Å²) in [7, 11) is -3.86. The third kappa shape index (κ3) is 18.9. The van der Waals surface area contributed by atoms with Crippen molar-refractivity contribution in [2.24, 2.45) is 5.73 Å². The Morgan fingerprint density at radius 3 is 1.74 bits per heavy atom. The number of hydrogen-bond donors (Lipinski definition) is 2. The number of benzene rings is 6. The SMILES string of the molecule is C.C.C/C(N)=C\C(=O)OCCN(C)Cc1ccccc1.CC1=C(C(=O)OCCN(C)Cc2ccccc2)C(c2c(F)cccc2Cl)C2=C(COc3ccccc3S2(=O)=O)N1.O=C1COc2ccccc2S(=O)(=O)C1.O=Cc1c(F)cccc1Cl. The molecule has 448 valence electrons. The standard InChI is InChI=1S/C30H28ClFN2O5S.C14H20N2O2.C9H8O4S.C7H4ClFO.2CH4/c1-19-26(30(35)38-16-15-34(2)17-20-9-4-3-5-10-20)28(27-21(31)11-8-12-22(27)32)29-23(33-19)18-39-24-13-6-7-14-25(24)40(29,36)37;1-12(15)10-14(17)18-9-8-16(2)11-13-6-4-3-5-7-13;10-7-5-13-8-3-1-2-4-9(8)14(11,12)6-7;8-6-2-1-3-7(9)5(6)4-10;;/h3-14,28,33H,15-18H2,1-2H3;3-7,10H,8-9,11,15H2,1-2H3;1-4H,5-6H2;1-4H;2*1H4/b;12-10+;;;;. The van der Waals surface area contributed by atoms with Crippen LogP contribution in [0, 0.1) is 11.6 Å². The zero-order valence-electron chi connectivity index (χ0n) is 45.2. The van der Waals surface area contributed by atoms with Crippen LogP contribution in [0.2, 0.25) is 10.0 Å². The number of fused-ring (bicyclic) bond motifs is 2. The molecule has 0 spiro atoms. The van der Waals surface area contributed by atoms with Gasteiger partial charge in [0.2, 0.25) is 9.84 Å². The Morgan fingerprint density at radius 2 is 1.20 bits per heavy atom. The average Bonchev–Trinajstić information content (AvgIpc) is 1.57. The quantitative estimate of drug-likeness (QED) is 0.0589. The summed E-state index contributed by atoms with van der Waals surface area (Å²) in [6, 6.07) is 40.7. The molecule has 3 N–H and O–H groups in total. The number of allylic oxidation sites excluding steroid dienone is 3. The van der Waals surface area contributed by atoms with E-state index in [0.29, 0.717) is 43.9 Å². The van der Waals surface area contributed by atoms with Crippen LogP contribution in [0.25, 0.3) is 0 Å². The van der Waals surface area contributed by atoms with Crippen molar-refractivity contribution in [1.29, 1.82) is 0 Å². The molecule has 3 heterocycles. The van der Waals surface area contributed by atoms with Crippen LogP contribution in [-0.4, -0.2) is 110 Å². The Balaban J connectivity index is 0.000000282. The highest BCUT2D eigenvalue weighted by Gasteiger charge is 2.45. The number of sulfone groups is 2. The van der Waals surface area contributed by atoms with Gasteiger partial charge in [-0.2, -0.15) is 0 Å². The van der Waals surface area contributed by atoms with E-state index in [0.717, 1.165) is 12.1 Å². The van der Waals surface area contributed by atoms with E-state index in [2.05, 4.69) is 22.3 Å². The van der Waals surface area contributed by atoms with Crippen LogP contribution in [-0.2, 0) is 56.6 Å². The Kier molecular flexibility index (Phi) is 26.5. The predicted octanol–water partition coefficient (Wildman–Crippen LogP) is 10.7. The second-order valence-electron chi connectivity index (χ2n) is 18.7. The Morgan fingerprint density at radius 1 is 0.702 bits per heavy atom. The number of Topliss-reactive ketones (excluding diaryl/α,β-unsaturated/α-hetero) is 1. The molecule has 0 fully saturated rings. The van der Waals surface area contributed by atoms with Crippen molar-refractivity contribution in [3.05, 3.63) is 223 Å². The first kappa shape index (κ1) is 68.8. The van der Waals surface area contributed by atoms with Gasteiger partial charge in [-0.15, -0.1) is 0 Å². The summed E-state index contributed by atoms with van der Waals surface area (Å²) >= 11 is 11.9. The van der Waals surface area contributed by atoms with Crippen LogP contribution >= 0.6 is 23.2 Å². The van der Waals surface area contributed by atoms with Crippen molar-refractivity contribution in [1.82, 2.24) is 15.1 Å². The Hall–Kier alpha value is -7.72. The van der Waals surface area contributed by atoms with E-state index in [1.165, 1.54) is 60.2 Å². The van der Waals surface area contributed by atoms with Gasteiger partial charge in [0.05, 0.1) is 32.7 Å². The molecule has 0 saturated carbocycles. The van der Waals surface area contributed by atoms with E-state index >= 15 is 4.39 Å². The van der Waals surface area contributed by atoms with Gasteiger partial charge in [0, 0.05) is 54.2 Å². The van der Waals surface area contributed by atoms with Crippen molar-refractivity contribution in [3.8, 4) is 11.5 Å². The number of nitrogens with zero attached hydrogens (tertiary/aromatic N) is 2. The number of ether oxygens (including phenoxy) is 4. The molecule has 9 rings (SSSR count). The second kappa shape index (κ2) is 32.4. The molecule has 0 amide bonds. The predicted molar refractivity (Wildman–Crippen MR) is 321 cm³/mol. The van der Waals surface area contributed by atoms with Crippen molar-refractivity contribution >= 4 is 66.9 Å². The maximum Gasteiger partial charge on any atom is 0.336 e. The normalized spacial score (nSPS) is 15.3. The molecule has 1 unspecified atom stereocenters. The van der Waals surface area contributed by atoms with E-state index < -0.39 is 54.7 Å². The maximum atomic E-state index is 15.4. The molecule has 6 aromatic rings. The summed E-state index contributed by atoms with van der Waals surface area (Å²) in [5, 5.41) is 3.17. The van der Waals surface area contributed by atoms with E-state index in [4.69, 9.17) is 47.9 Å². The minimum atomic E-state index is -4.25.